The average molecular weight is 567 g/mol. The summed E-state index contributed by atoms with van der Waals surface area (Å²) in [5.74, 6) is 1.44. The van der Waals surface area contributed by atoms with E-state index >= 15 is 0 Å². The number of halogens is 2. The van der Waals surface area contributed by atoms with Gasteiger partial charge in [0.1, 0.15) is 17.3 Å². The first-order chi connectivity index (χ1) is 18.8. The van der Waals surface area contributed by atoms with Gasteiger partial charge in [0, 0.05) is 68.8 Å². The highest BCUT2D eigenvalue weighted by Crippen LogP contribution is 2.45. The van der Waals surface area contributed by atoms with Gasteiger partial charge in [-0.05, 0) is 43.2 Å². The molecular weight excluding hydrogens is 539 g/mol. The molecule has 10 nitrogen and oxygen atoms in total. The second kappa shape index (κ2) is 9.86. The minimum atomic E-state index is -0.870. The molecule has 3 aromatic heterocycles. The number of nitrogens with zero attached hydrogens (tertiary/aromatic N) is 6. The normalized spacial score (nSPS) is 16.9. The molecule has 2 fully saturated rings. The van der Waals surface area contributed by atoms with Crippen molar-refractivity contribution >= 4 is 46.0 Å². The fourth-order valence-corrected chi connectivity index (χ4v) is 5.76. The van der Waals surface area contributed by atoms with Crippen molar-refractivity contribution in [2.24, 2.45) is 5.73 Å². The molecule has 202 valence electrons. The van der Waals surface area contributed by atoms with Gasteiger partial charge in [-0.25, -0.2) is 9.78 Å². The van der Waals surface area contributed by atoms with Crippen molar-refractivity contribution in [3.05, 3.63) is 64.5 Å². The van der Waals surface area contributed by atoms with Crippen molar-refractivity contribution in [1.82, 2.24) is 30.0 Å². The lowest BCUT2D eigenvalue weighted by molar-refractivity contribution is 0.133. The summed E-state index contributed by atoms with van der Waals surface area (Å²) >= 11 is 12.5. The zero-order chi connectivity index (χ0) is 27.3. The summed E-state index contributed by atoms with van der Waals surface area (Å²) in [6, 6.07) is 9.68. The van der Waals surface area contributed by atoms with Gasteiger partial charge in [-0.2, -0.15) is 5.10 Å². The number of nitrogens with two attached hydrogens (primary N) is 1. The van der Waals surface area contributed by atoms with Crippen LogP contribution in [0.15, 0.2) is 48.9 Å². The molecule has 2 amide bonds. The Morgan fingerprint density at radius 2 is 1.90 bits per heavy atom. The van der Waals surface area contributed by atoms with Crippen molar-refractivity contribution in [3.63, 3.8) is 0 Å². The molecule has 1 aliphatic carbocycles. The number of piperazine rings is 1. The molecule has 0 radical (unpaired) electrons. The van der Waals surface area contributed by atoms with Crippen molar-refractivity contribution in [2.45, 2.75) is 24.6 Å². The molecule has 6 rings (SSSR count). The molecule has 4 aromatic rings. The minimum absolute atomic E-state index is 0.0807. The van der Waals surface area contributed by atoms with Crippen LogP contribution in [0.25, 0.3) is 22.2 Å². The van der Waals surface area contributed by atoms with E-state index in [0.717, 1.165) is 53.9 Å². The number of anilines is 1. The molecule has 39 heavy (non-hydrogen) atoms. The first-order valence-electron chi connectivity index (χ1n) is 12.7. The van der Waals surface area contributed by atoms with Crippen LogP contribution in [0.2, 0.25) is 10.0 Å². The maximum absolute atomic E-state index is 12.6. The number of aromatic amines is 1. The van der Waals surface area contributed by atoms with E-state index in [4.69, 9.17) is 38.7 Å². The topological polar surface area (TPSA) is 116 Å². The lowest BCUT2D eigenvalue weighted by Crippen LogP contribution is -2.59. The average Bonchev–Trinajstić information content (AvgIpc) is 3.55. The number of fused-ring (bicyclic) bond motifs is 1. The van der Waals surface area contributed by atoms with E-state index in [1.807, 2.05) is 41.4 Å². The number of hydrogen-bond donors (Lipinski definition) is 2. The number of carbonyl (C=O) groups excluding carboxylic acids is 1. The molecule has 3 N–H and O–H groups in total. The number of H-pyrrole nitrogens is 1. The van der Waals surface area contributed by atoms with Gasteiger partial charge in [-0.1, -0.05) is 23.2 Å². The molecule has 1 atom stereocenters. The van der Waals surface area contributed by atoms with Gasteiger partial charge in [0.05, 0.1) is 21.1 Å². The van der Waals surface area contributed by atoms with Gasteiger partial charge in [-0.3, -0.25) is 15.8 Å². The van der Waals surface area contributed by atoms with E-state index in [0.29, 0.717) is 27.9 Å². The second-order valence-electron chi connectivity index (χ2n) is 10.2. The largest absolute Gasteiger partial charge is 0.471 e. The number of pyridine rings is 2. The number of carbonyl (C=O) groups is 1. The Labute approximate surface area is 235 Å². The van der Waals surface area contributed by atoms with Crippen LogP contribution in [-0.2, 0) is 0 Å². The van der Waals surface area contributed by atoms with E-state index < -0.39 is 6.23 Å². The highest BCUT2D eigenvalue weighted by Gasteiger charge is 2.53. The van der Waals surface area contributed by atoms with Crippen LogP contribution in [0.5, 0.6) is 5.75 Å². The second-order valence-corrected chi connectivity index (χ2v) is 11.0. The van der Waals surface area contributed by atoms with Crippen molar-refractivity contribution < 1.29 is 9.53 Å². The van der Waals surface area contributed by atoms with Crippen LogP contribution < -0.4 is 15.4 Å². The molecular formula is C27H28Cl2N8O2. The summed E-state index contributed by atoms with van der Waals surface area (Å²) in [7, 11) is 3.61. The smallest absolute Gasteiger partial charge is 0.320 e. The fourth-order valence-electron chi connectivity index (χ4n) is 5.18. The molecule has 0 bridgehead atoms. The number of rotatable bonds is 5. The van der Waals surface area contributed by atoms with Gasteiger partial charge in [0.2, 0.25) is 0 Å². The summed E-state index contributed by atoms with van der Waals surface area (Å²) in [5, 5.41) is 9.14. The predicted octanol–water partition coefficient (Wildman–Crippen LogP) is 4.70. The lowest BCUT2D eigenvalue weighted by atomic mass is 10.1. The number of benzene rings is 1. The third kappa shape index (κ3) is 4.73. The minimum Gasteiger partial charge on any atom is -0.471 e. The Morgan fingerprint density at radius 1 is 1.13 bits per heavy atom. The predicted molar refractivity (Wildman–Crippen MR) is 151 cm³/mol. The van der Waals surface area contributed by atoms with Crippen LogP contribution in [0.4, 0.5) is 10.6 Å². The third-order valence-corrected chi connectivity index (χ3v) is 8.01. The van der Waals surface area contributed by atoms with Crippen LogP contribution in [0, 0.1) is 0 Å². The molecule has 2 aliphatic rings. The summed E-state index contributed by atoms with van der Waals surface area (Å²) in [5.41, 5.74) is 9.13. The first-order valence-corrected chi connectivity index (χ1v) is 13.4. The molecule has 1 spiro atoms. The van der Waals surface area contributed by atoms with Crippen molar-refractivity contribution in [3.8, 4) is 17.0 Å². The third-order valence-electron chi connectivity index (χ3n) is 7.41. The summed E-state index contributed by atoms with van der Waals surface area (Å²) in [6.45, 7) is 2.22. The van der Waals surface area contributed by atoms with Gasteiger partial charge in [0.25, 0.3) is 0 Å². The number of aromatic nitrogens is 4. The number of urea groups is 1. The van der Waals surface area contributed by atoms with Gasteiger partial charge in [0.15, 0.2) is 6.23 Å². The molecule has 4 heterocycles. The zero-order valence-corrected chi connectivity index (χ0v) is 23.1. The monoisotopic (exact) mass is 566 g/mol. The molecule has 12 heteroatoms. The van der Waals surface area contributed by atoms with Gasteiger partial charge >= 0.3 is 6.03 Å². The van der Waals surface area contributed by atoms with E-state index in [1.165, 1.54) is 12.4 Å². The van der Waals surface area contributed by atoms with Crippen molar-refractivity contribution in [1.29, 1.82) is 0 Å². The Kier molecular flexibility index (Phi) is 6.49. The Morgan fingerprint density at radius 3 is 2.56 bits per heavy atom. The van der Waals surface area contributed by atoms with Gasteiger partial charge < -0.3 is 19.4 Å². The SMILES string of the molecule is CN(C)C(=O)N1CCN(c2ccc(-c3n[nH]c4ccc(O[C@H](N)c5c(Cl)cncc5Cl)cc34)cn2)CC12CC2. The summed E-state index contributed by atoms with van der Waals surface area (Å²) in [6.07, 6.45) is 5.96. The number of hydrogen-bond acceptors (Lipinski definition) is 7. The Hall–Kier alpha value is -3.60. The Balaban J connectivity index is 1.21. The standard InChI is InChI=1S/C27H28Cl2N8O2/c1-35(2)26(38)37-10-9-36(15-27(37)7-8-27)22-6-3-16(12-32-22)24-18-11-17(4-5-21(18)33-34-24)39-25(30)23-19(28)13-31-14-20(23)29/h3-6,11-14,25H,7-10,15,30H2,1-2H3,(H,33,34)/t25-/m0/s1. The van der Waals surface area contributed by atoms with Crippen LogP contribution in [0.3, 0.4) is 0 Å². The van der Waals surface area contributed by atoms with E-state index in [2.05, 4.69) is 20.1 Å². The zero-order valence-electron chi connectivity index (χ0n) is 21.6. The number of amides is 2. The van der Waals surface area contributed by atoms with E-state index in [-0.39, 0.29) is 11.6 Å². The van der Waals surface area contributed by atoms with Crippen LogP contribution >= 0.6 is 23.2 Å². The number of ether oxygens (including phenoxy) is 1. The van der Waals surface area contributed by atoms with Crippen LogP contribution in [0.1, 0.15) is 24.6 Å². The molecule has 1 saturated carbocycles. The molecule has 0 unspecified atom stereocenters. The van der Waals surface area contributed by atoms with E-state index in [9.17, 15) is 4.79 Å². The quantitative estimate of drug-likeness (QED) is 0.336. The lowest BCUT2D eigenvalue weighted by Gasteiger charge is -2.43. The highest BCUT2D eigenvalue weighted by molar-refractivity contribution is 6.35. The molecule has 1 aliphatic heterocycles. The Bertz CT molecular complexity index is 1520. The first kappa shape index (κ1) is 25.7. The molecule has 1 aromatic carbocycles. The summed E-state index contributed by atoms with van der Waals surface area (Å²) in [4.78, 5) is 27.3. The van der Waals surface area contributed by atoms with E-state index in [1.54, 1.807) is 19.0 Å². The fraction of sp³-hybridized carbons (Fsp3) is 0.333. The van der Waals surface area contributed by atoms with Crippen molar-refractivity contribution in [2.75, 3.05) is 38.6 Å². The summed E-state index contributed by atoms with van der Waals surface area (Å²) < 4.78 is 5.98. The maximum atomic E-state index is 12.6. The number of nitrogens with one attached hydrogen (secondary N) is 1. The molecule has 1 saturated heterocycles. The maximum Gasteiger partial charge on any atom is 0.320 e. The van der Waals surface area contributed by atoms with Gasteiger partial charge in [-0.15, -0.1) is 0 Å². The highest BCUT2D eigenvalue weighted by atomic mass is 35.5. The van der Waals surface area contributed by atoms with Crippen LogP contribution in [-0.4, -0.2) is 75.3 Å².